The summed E-state index contributed by atoms with van der Waals surface area (Å²) in [7, 11) is 1.60. The molecule has 0 aromatic heterocycles. The molecule has 0 radical (unpaired) electrons. The third-order valence-electron chi connectivity index (χ3n) is 3.59. The predicted octanol–water partition coefficient (Wildman–Crippen LogP) is 3.72. The molecule has 2 rings (SSSR count). The molecule has 22 heavy (non-hydrogen) atoms. The molecule has 0 unspecified atom stereocenters. The van der Waals surface area contributed by atoms with E-state index in [2.05, 4.69) is 5.32 Å². The van der Waals surface area contributed by atoms with Crippen LogP contribution in [0.4, 0.5) is 5.69 Å². The van der Waals surface area contributed by atoms with E-state index in [1.807, 2.05) is 32.0 Å². The molecular formula is C18H21NO3. The van der Waals surface area contributed by atoms with Crippen molar-refractivity contribution in [1.29, 1.82) is 0 Å². The van der Waals surface area contributed by atoms with Gasteiger partial charge in [0.2, 0.25) is 0 Å². The van der Waals surface area contributed by atoms with Gasteiger partial charge in [-0.05, 0) is 62.2 Å². The third-order valence-corrected chi connectivity index (χ3v) is 3.59. The number of aryl methyl sites for hydroxylation is 1. The Kier molecular flexibility index (Phi) is 5.04. The minimum Gasteiger partial charge on any atom is -0.497 e. The number of carbonyl (C=O) groups is 1. The molecular weight excluding hydrogens is 278 g/mol. The molecule has 0 bridgehead atoms. The van der Waals surface area contributed by atoms with Gasteiger partial charge in [0.1, 0.15) is 11.5 Å². The van der Waals surface area contributed by atoms with E-state index >= 15 is 0 Å². The molecule has 0 aliphatic heterocycles. The molecule has 1 amide bonds. The van der Waals surface area contributed by atoms with Gasteiger partial charge in [-0.25, -0.2) is 0 Å². The Balaban J connectivity index is 2.01. The Morgan fingerprint density at radius 3 is 2.41 bits per heavy atom. The Labute approximate surface area is 131 Å². The lowest BCUT2D eigenvalue weighted by Crippen LogP contribution is -2.30. The van der Waals surface area contributed by atoms with Crippen LogP contribution in [-0.2, 0) is 4.79 Å². The van der Waals surface area contributed by atoms with E-state index in [4.69, 9.17) is 9.47 Å². The topological polar surface area (TPSA) is 47.6 Å². The number of hydrogen-bond donors (Lipinski definition) is 1. The summed E-state index contributed by atoms with van der Waals surface area (Å²) in [5.41, 5.74) is 2.90. The standard InChI is InChI=1S/C18H21NO3/c1-12-6-5-7-17(13(12)2)22-14(3)18(20)19-15-8-10-16(21-4)11-9-15/h5-11,14H,1-4H3,(H,19,20)/t14-/m1/s1. The first kappa shape index (κ1) is 15.9. The van der Waals surface area contributed by atoms with Crippen molar-refractivity contribution in [2.45, 2.75) is 26.9 Å². The minimum atomic E-state index is -0.581. The van der Waals surface area contributed by atoms with Crippen LogP contribution < -0.4 is 14.8 Å². The summed E-state index contributed by atoms with van der Waals surface area (Å²) in [5, 5.41) is 2.83. The lowest BCUT2D eigenvalue weighted by molar-refractivity contribution is -0.122. The summed E-state index contributed by atoms with van der Waals surface area (Å²) in [6.07, 6.45) is -0.581. The second kappa shape index (κ2) is 6.98. The van der Waals surface area contributed by atoms with Gasteiger partial charge in [-0.15, -0.1) is 0 Å². The molecule has 116 valence electrons. The van der Waals surface area contributed by atoms with Gasteiger partial charge in [-0.2, -0.15) is 0 Å². The second-order valence-corrected chi connectivity index (χ2v) is 5.18. The van der Waals surface area contributed by atoms with Crippen molar-refractivity contribution in [1.82, 2.24) is 0 Å². The Hall–Kier alpha value is -2.49. The summed E-state index contributed by atoms with van der Waals surface area (Å²) in [6.45, 7) is 5.74. The normalized spacial score (nSPS) is 11.6. The zero-order valence-corrected chi connectivity index (χ0v) is 13.3. The Morgan fingerprint density at radius 2 is 1.77 bits per heavy atom. The van der Waals surface area contributed by atoms with Crippen LogP contribution in [0.1, 0.15) is 18.1 Å². The molecule has 1 N–H and O–H groups in total. The van der Waals surface area contributed by atoms with Gasteiger partial charge in [0.05, 0.1) is 7.11 Å². The van der Waals surface area contributed by atoms with Gasteiger partial charge in [0.15, 0.2) is 6.10 Å². The van der Waals surface area contributed by atoms with Crippen LogP contribution in [0.25, 0.3) is 0 Å². The summed E-state index contributed by atoms with van der Waals surface area (Å²) in [6, 6.07) is 13.0. The third kappa shape index (κ3) is 3.79. The summed E-state index contributed by atoms with van der Waals surface area (Å²) in [5.74, 6) is 1.29. The summed E-state index contributed by atoms with van der Waals surface area (Å²) >= 11 is 0. The highest BCUT2D eigenvalue weighted by molar-refractivity contribution is 5.94. The van der Waals surface area contributed by atoms with Crippen molar-refractivity contribution < 1.29 is 14.3 Å². The first-order chi connectivity index (χ1) is 10.5. The fraction of sp³-hybridized carbons (Fsp3) is 0.278. The maximum Gasteiger partial charge on any atom is 0.265 e. The molecule has 4 nitrogen and oxygen atoms in total. The van der Waals surface area contributed by atoms with E-state index in [-0.39, 0.29) is 5.91 Å². The van der Waals surface area contributed by atoms with E-state index in [1.165, 1.54) is 0 Å². The predicted molar refractivity (Wildman–Crippen MR) is 87.6 cm³/mol. The van der Waals surface area contributed by atoms with Crippen LogP contribution >= 0.6 is 0 Å². The molecule has 0 aliphatic carbocycles. The van der Waals surface area contributed by atoms with Crippen LogP contribution in [0.5, 0.6) is 11.5 Å². The van der Waals surface area contributed by atoms with Gasteiger partial charge in [-0.1, -0.05) is 12.1 Å². The van der Waals surface area contributed by atoms with Crippen LogP contribution in [-0.4, -0.2) is 19.1 Å². The Bertz CT molecular complexity index is 650. The van der Waals surface area contributed by atoms with Crippen molar-refractivity contribution in [3.05, 3.63) is 53.6 Å². The van der Waals surface area contributed by atoms with Crippen LogP contribution in [0.3, 0.4) is 0 Å². The molecule has 0 fully saturated rings. The van der Waals surface area contributed by atoms with Gasteiger partial charge >= 0.3 is 0 Å². The van der Waals surface area contributed by atoms with Gasteiger partial charge in [0.25, 0.3) is 5.91 Å². The van der Waals surface area contributed by atoms with Gasteiger partial charge < -0.3 is 14.8 Å². The van der Waals surface area contributed by atoms with Crippen molar-refractivity contribution in [3.8, 4) is 11.5 Å². The second-order valence-electron chi connectivity index (χ2n) is 5.18. The quantitative estimate of drug-likeness (QED) is 0.915. The van der Waals surface area contributed by atoms with Crippen molar-refractivity contribution >= 4 is 11.6 Å². The lowest BCUT2D eigenvalue weighted by atomic mass is 10.1. The van der Waals surface area contributed by atoms with E-state index < -0.39 is 6.10 Å². The number of nitrogens with one attached hydrogen (secondary N) is 1. The zero-order valence-electron chi connectivity index (χ0n) is 13.3. The van der Waals surface area contributed by atoms with E-state index in [9.17, 15) is 4.79 Å². The molecule has 0 saturated carbocycles. The molecule has 0 saturated heterocycles. The molecule has 0 spiro atoms. The Morgan fingerprint density at radius 1 is 1.09 bits per heavy atom. The lowest BCUT2D eigenvalue weighted by Gasteiger charge is -2.17. The molecule has 0 aliphatic rings. The highest BCUT2D eigenvalue weighted by Gasteiger charge is 2.16. The average Bonchev–Trinajstić information content (AvgIpc) is 2.52. The number of carbonyl (C=O) groups excluding carboxylic acids is 1. The maximum absolute atomic E-state index is 12.2. The number of anilines is 1. The number of rotatable bonds is 5. The largest absolute Gasteiger partial charge is 0.497 e. The van der Waals surface area contributed by atoms with Gasteiger partial charge in [-0.3, -0.25) is 4.79 Å². The highest BCUT2D eigenvalue weighted by Crippen LogP contribution is 2.22. The minimum absolute atomic E-state index is 0.189. The van der Waals surface area contributed by atoms with Crippen molar-refractivity contribution in [2.24, 2.45) is 0 Å². The average molecular weight is 299 g/mol. The molecule has 1 atom stereocenters. The van der Waals surface area contributed by atoms with E-state index in [0.717, 1.165) is 22.6 Å². The number of benzene rings is 2. The van der Waals surface area contributed by atoms with Crippen molar-refractivity contribution in [3.63, 3.8) is 0 Å². The highest BCUT2D eigenvalue weighted by atomic mass is 16.5. The van der Waals surface area contributed by atoms with Crippen LogP contribution in [0, 0.1) is 13.8 Å². The zero-order chi connectivity index (χ0) is 16.1. The number of hydrogen-bond acceptors (Lipinski definition) is 3. The molecule has 4 heteroatoms. The van der Waals surface area contributed by atoms with Crippen LogP contribution in [0.2, 0.25) is 0 Å². The van der Waals surface area contributed by atoms with Crippen molar-refractivity contribution in [2.75, 3.05) is 12.4 Å². The number of ether oxygens (including phenoxy) is 2. The molecule has 2 aromatic rings. The van der Waals surface area contributed by atoms with E-state index in [1.54, 1.807) is 38.3 Å². The summed E-state index contributed by atoms with van der Waals surface area (Å²) in [4.78, 5) is 12.2. The maximum atomic E-state index is 12.2. The monoisotopic (exact) mass is 299 g/mol. The first-order valence-corrected chi connectivity index (χ1v) is 7.19. The molecule has 0 heterocycles. The van der Waals surface area contributed by atoms with Crippen LogP contribution in [0.15, 0.2) is 42.5 Å². The smallest absolute Gasteiger partial charge is 0.265 e. The number of amides is 1. The number of methoxy groups -OCH3 is 1. The molecule has 2 aromatic carbocycles. The van der Waals surface area contributed by atoms with Gasteiger partial charge in [0, 0.05) is 5.69 Å². The first-order valence-electron chi connectivity index (χ1n) is 7.19. The SMILES string of the molecule is COc1ccc(NC(=O)[C@@H](C)Oc2cccc(C)c2C)cc1. The fourth-order valence-corrected chi connectivity index (χ4v) is 2.01. The summed E-state index contributed by atoms with van der Waals surface area (Å²) < 4.78 is 10.9. The van der Waals surface area contributed by atoms with E-state index in [0.29, 0.717) is 5.69 Å². The fourth-order valence-electron chi connectivity index (χ4n) is 2.01.